The highest BCUT2D eigenvalue weighted by Crippen LogP contribution is 2.20. The largest absolute Gasteiger partial charge is 0.370 e. The number of anilines is 1. The van der Waals surface area contributed by atoms with Gasteiger partial charge in [0.05, 0.1) is 0 Å². The van der Waals surface area contributed by atoms with Crippen LogP contribution in [0, 0.1) is 13.8 Å². The Kier molecular flexibility index (Phi) is 5.64. The summed E-state index contributed by atoms with van der Waals surface area (Å²) in [4.78, 5) is 23.6. The van der Waals surface area contributed by atoms with Crippen LogP contribution in [0.1, 0.15) is 49.8 Å². The van der Waals surface area contributed by atoms with Crippen LogP contribution in [0.3, 0.4) is 0 Å². The Hall–Kier alpha value is -2.43. The normalized spacial score (nSPS) is 14.7. The SMILES string of the molecule is Cc1nc(-c2ccc(NCCC3=CCCCCC3)nc2)[nH]c(=O)c1C. The highest BCUT2D eigenvalue weighted by molar-refractivity contribution is 5.56. The average Bonchev–Trinajstić information content (AvgIpc) is 2.89. The molecule has 0 unspecified atom stereocenters. The minimum absolute atomic E-state index is 0.0959. The lowest BCUT2D eigenvalue weighted by Gasteiger charge is -2.09. The van der Waals surface area contributed by atoms with E-state index >= 15 is 0 Å². The maximum absolute atomic E-state index is 11.9. The maximum atomic E-state index is 11.9. The molecule has 0 amide bonds. The molecule has 0 aromatic carbocycles. The van der Waals surface area contributed by atoms with Crippen molar-refractivity contribution in [3.8, 4) is 11.4 Å². The van der Waals surface area contributed by atoms with Gasteiger partial charge in [-0.25, -0.2) is 9.97 Å². The number of allylic oxidation sites excluding steroid dienone is 1. The van der Waals surface area contributed by atoms with Crippen molar-refractivity contribution in [2.24, 2.45) is 0 Å². The molecular weight excluding hydrogens is 312 g/mol. The number of aryl methyl sites for hydroxylation is 1. The third-order valence-corrected chi connectivity index (χ3v) is 4.82. The Bertz CT molecular complexity index is 805. The number of hydrogen-bond acceptors (Lipinski definition) is 4. The fraction of sp³-hybridized carbons (Fsp3) is 0.450. The van der Waals surface area contributed by atoms with Gasteiger partial charge < -0.3 is 10.3 Å². The Labute approximate surface area is 148 Å². The van der Waals surface area contributed by atoms with Crippen molar-refractivity contribution < 1.29 is 0 Å². The first-order chi connectivity index (χ1) is 12.1. The molecule has 0 bridgehead atoms. The quantitative estimate of drug-likeness (QED) is 0.804. The Morgan fingerprint density at radius 2 is 2.08 bits per heavy atom. The molecule has 0 spiro atoms. The van der Waals surface area contributed by atoms with E-state index in [-0.39, 0.29) is 5.56 Å². The van der Waals surface area contributed by atoms with Gasteiger partial charge in [-0.2, -0.15) is 0 Å². The summed E-state index contributed by atoms with van der Waals surface area (Å²) in [5, 5.41) is 3.38. The first-order valence-electron chi connectivity index (χ1n) is 9.09. The fourth-order valence-electron chi connectivity index (χ4n) is 3.08. The predicted molar refractivity (Wildman–Crippen MR) is 102 cm³/mol. The monoisotopic (exact) mass is 338 g/mol. The maximum Gasteiger partial charge on any atom is 0.254 e. The third-order valence-electron chi connectivity index (χ3n) is 4.82. The van der Waals surface area contributed by atoms with Crippen molar-refractivity contribution in [2.75, 3.05) is 11.9 Å². The minimum Gasteiger partial charge on any atom is -0.370 e. The zero-order chi connectivity index (χ0) is 17.6. The predicted octanol–water partition coefficient (Wildman–Crippen LogP) is 4.14. The van der Waals surface area contributed by atoms with Gasteiger partial charge in [-0.3, -0.25) is 4.79 Å². The number of nitrogens with zero attached hydrogens (tertiary/aromatic N) is 2. The minimum atomic E-state index is -0.0959. The van der Waals surface area contributed by atoms with Gasteiger partial charge in [0.15, 0.2) is 0 Å². The number of aromatic amines is 1. The summed E-state index contributed by atoms with van der Waals surface area (Å²) in [6.45, 7) is 4.52. The molecule has 132 valence electrons. The summed E-state index contributed by atoms with van der Waals surface area (Å²) in [5.41, 5.74) is 3.69. The van der Waals surface area contributed by atoms with Crippen molar-refractivity contribution in [2.45, 2.75) is 52.4 Å². The molecule has 5 heteroatoms. The van der Waals surface area contributed by atoms with Crippen molar-refractivity contribution >= 4 is 5.82 Å². The molecule has 2 aromatic rings. The summed E-state index contributed by atoms with van der Waals surface area (Å²) < 4.78 is 0. The van der Waals surface area contributed by atoms with E-state index in [0.29, 0.717) is 11.4 Å². The highest BCUT2D eigenvalue weighted by Gasteiger charge is 2.07. The standard InChI is InChI=1S/C20H26N4O/c1-14-15(2)23-19(24-20(14)25)17-9-10-18(22-13-17)21-12-11-16-7-5-3-4-6-8-16/h7,9-10,13H,3-6,8,11-12H2,1-2H3,(H,21,22)(H,23,24,25). The van der Waals surface area contributed by atoms with Crippen LogP contribution in [0.5, 0.6) is 0 Å². The zero-order valence-corrected chi connectivity index (χ0v) is 15.1. The first-order valence-corrected chi connectivity index (χ1v) is 9.09. The molecule has 1 aliphatic carbocycles. The molecule has 2 aromatic heterocycles. The molecule has 0 radical (unpaired) electrons. The molecule has 0 saturated heterocycles. The molecule has 0 fully saturated rings. The van der Waals surface area contributed by atoms with Crippen LogP contribution in [0.25, 0.3) is 11.4 Å². The van der Waals surface area contributed by atoms with Crippen molar-refractivity contribution in [3.63, 3.8) is 0 Å². The first kappa shape index (κ1) is 17.4. The lowest BCUT2D eigenvalue weighted by molar-refractivity contribution is 0.704. The van der Waals surface area contributed by atoms with Gasteiger partial charge in [-0.1, -0.05) is 18.1 Å². The van der Waals surface area contributed by atoms with Crippen LogP contribution in [-0.4, -0.2) is 21.5 Å². The Morgan fingerprint density at radius 1 is 1.20 bits per heavy atom. The van der Waals surface area contributed by atoms with Crippen LogP contribution in [0.2, 0.25) is 0 Å². The molecule has 2 N–H and O–H groups in total. The van der Waals surface area contributed by atoms with Crippen LogP contribution < -0.4 is 10.9 Å². The van der Waals surface area contributed by atoms with Crippen LogP contribution in [-0.2, 0) is 0 Å². The van der Waals surface area contributed by atoms with Gasteiger partial charge in [0, 0.05) is 29.6 Å². The molecular formula is C20H26N4O. The van der Waals surface area contributed by atoms with E-state index in [4.69, 9.17) is 0 Å². The molecule has 3 rings (SSSR count). The van der Waals surface area contributed by atoms with Gasteiger partial charge in [0.2, 0.25) is 0 Å². The summed E-state index contributed by atoms with van der Waals surface area (Å²) in [6, 6.07) is 3.87. The van der Waals surface area contributed by atoms with Crippen molar-refractivity contribution in [3.05, 3.63) is 51.6 Å². The number of rotatable bonds is 5. The molecule has 25 heavy (non-hydrogen) atoms. The summed E-state index contributed by atoms with van der Waals surface area (Å²) >= 11 is 0. The summed E-state index contributed by atoms with van der Waals surface area (Å²) in [7, 11) is 0. The van der Waals surface area contributed by atoms with Gasteiger partial charge in [0.1, 0.15) is 11.6 Å². The third kappa shape index (κ3) is 4.56. The Balaban J connectivity index is 1.60. The van der Waals surface area contributed by atoms with Crippen LogP contribution >= 0.6 is 0 Å². The Morgan fingerprint density at radius 3 is 2.84 bits per heavy atom. The van der Waals surface area contributed by atoms with Gasteiger partial charge in [0.25, 0.3) is 5.56 Å². The molecule has 2 heterocycles. The zero-order valence-electron chi connectivity index (χ0n) is 15.1. The lowest BCUT2D eigenvalue weighted by Crippen LogP contribution is -2.14. The second-order valence-corrected chi connectivity index (χ2v) is 6.70. The smallest absolute Gasteiger partial charge is 0.254 e. The molecule has 5 nitrogen and oxygen atoms in total. The highest BCUT2D eigenvalue weighted by atomic mass is 16.1. The van der Waals surface area contributed by atoms with E-state index in [1.54, 1.807) is 18.7 Å². The lowest BCUT2D eigenvalue weighted by atomic mass is 10.1. The van der Waals surface area contributed by atoms with E-state index in [1.165, 1.54) is 32.1 Å². The van der Waals surface area contributed by atoms with Gasteiger partial charge in [-0.15, -0.1) is 0 Å². The van der Waals surface area contributed by atoms with E-state index in [9.17, 15) is 4.79 Å². The van der Waals surface area contributed by atoms with E-state index in [1.807, 2.05) is 19.1 Å². The van der Waals surface area contributed by atoms with Crippen molar-refractivity contribution in [1.29, 1.82) is 0 Å². The van der Waals surface area contributed by atoms with Crippen LogP contribution in [0.15, 0.2) is 34.8 Å². The number of H-pyrrole nitrogens is 1. The van der Waals surface area contributed by atoms with E-state index < -0.39 is 0 Å². The molecule has 0 atom stereocenters. The molecule has 0 saturated carbocycles. The summed E-state index contributed by atoms with van der Waals surface area (Å²) in [6.07, 6.45) is 11.7. The van der Waals surface area contributed by atoms with Crippen molar-refractivity contribution in [1.82, 2.24) is 15.0 Å². The number of pyridine rings is 1. The average molecular weight is 338 g/mol. The second kappa shape index (κ2) is 8.10. The number of aromatic nitrogens is 3. The topological polar surface area (TPSA) is 70.7 Å². The van der Waals surface area contributed by atoms with E-state index in [0.717, 1.165) is 30.0 Å². The molecule has 0 aliphatic heterocycles. The number of nitrogens with one attached hydrogen (secondary N) is 2. The van der Waals surface area contributed by atoms with Gasteiger partial charge in [-0.05, 0) is 58.1 Å². The fourth-order valence-corrected chi connectivity index (χ4v) is 3.08. The second-order valence-electron chi connectivity index (χ2n) is 6.70. The van der Waals surface area contributed by atoms with Crippen LogP contribution in [0.4, 0.5) is 5.82 Å². The van der Waals surface area contributed by atoms with Gasteiger partial charge >= 0.3 is 0 Å². The summed E-state index contributed by atoms with van der Waals surface area (Å²) in [5.74, 6) is 1.42. The number of hydrogen-bond donors (Lipinski definition) is 2. The molecule has 1 aliphatic rings. The van der Waals surface area contributed by atoms with E-state index in [2.05, 4.69) is 26.3 Å².